The van der Waals surface area contributed by atoms with E-state index < -0.39 is 0 Å². The number of hydrogen-bond acceptors (Lipinski definition) is 4. The first kappa shape index (κ1) is 15.5. The van der Waals surface area contributed by atoms with E-state index in [9.17, 15) is 4.79 Å². The molecule has 5 heteroatoms. The fraction of sp³-hybridized carbons (Fsp3) is 0.667. The minimum absolute atomic E-state index is 0.203. The highest BCUT2D eigenvalue weighted by molar-refractivity contribution is 7.09. The average Bonchev–Trinajstić information content (AvgIpc) is 2.84. The Morgan fingerprint density at radius 1 is 1.30 bits per heavy atom. The highest BCUT2D eigenvalue weighted by Gasteiger charge is 2.18. The van der Waals surface area contributed by atoms with Crippen LogP contribution in [-0.2, 0) is 11.2 Å². The number of aryl methyl sites for hydroxylation is 1. The summed E-state index contributed by atoms with van der Waals surface area (Å²) in [6, 6.07) is 4.19. The molecule has 1 aliphatic heterocycles. The molecule has 0 unspecified atom stereocenters. The Balaban J connectivity index is 1.69. The zero-order chi connectivity index (χ0) is 14.2. The molecule has 2 heterocycles. The number of hydrogen-bond donors (Lipinski definition) is 1. The minimum Gasteiger partial charge on any atom is -0.395 e. The predicted molar refractivity (Wildman–Crippen MR) is 82.0 cm³/mol. The van der Waals surface area contributed by atoms with E-state index in [1.807, 2.05) is 4.90 Å². The van der Waals surface area contributed by atoms with Gasteiger partial charge in [-0.05, 0) is 37.3 Å². The Kier molecular flexibility index (Phi) is 6.50. The van der Waals surface area contributed by atoms with Gasteiger partial charge in [-0.3, -0.25) is 9.69 Å². The van der Waals surface area contributed by atoms with Gasteiger partial charge in [0.25, 0.3) is 0 Å². The molecule has 0 bridgehead atoms. The number of carbonyl (C=O) groups is 1. The van der Waals surface area contributed by atoms with Crippen LogP contribution in [0.25, 0.3) is 0 Å². The molecule has 0 saturated carbocycles. The number of rotatable bonds is 6. The molecule has 1 amide bonds. The van der Waals surface area contributed by atoms with E-state index in [4.69, 9.17) is 5.11 Å². The summed E-state index contributed by atoms with van der Waals surface area (Å²) in [6.07, 6.45) is 3.61. The second-order valence-electron chi connectivity index (χ2n) is 5.23. The van der Waals surface area contributed by atoms with Crippen molar-refractivity contribution in [2.75, 3.05) is 39.3 Å². The lowest BCUT2D eigenvalue weighted by Crippen LogP contribution is -2.35. The van der Waals surface area contributed by atoms with Gasteiger partial charge < -0.3 is 10.0 Å². The van der Waals surface area contributed by atoms with Crippen LogP contribution in [-0.4, -0.2) is 60.1 Å². The molecule has 2 rings (SSSR count). The first-order valence-corrected chi connectivity index (χ1v) is 8.31. The van der Waals surface area contributed by atoms with Crippen LogP contribution >= 0.6 is 11.3 Å². The first-order valence-electron chi connectivity index (χ1n) is 7.43. The SMILES string of the molecule is O=C(CCCc1cccs1)N1CCCN(CCO)CC1. The summed E-state index contributed by atoms with van der Waals surface area (Å²) in [5.41, 5.74) is 0. The Morgan fingerprint density at radius 3 is 2.95 bits per heavy atom. The number of nitrogens with zero attached hydrogens (tertiary/aromatic N) is 2. The molecule has 0 atom stereocenters. The number of aliphatic hydroxyl groups excluding tert-OH is 1. The molecule has 1 fully saturated rings. The van der Waals surface area contributed by atoms with Crippen molar-refractivity contribution in [2.24, 2.45) is 0 Å². The van der Waals surface area contributed by atoms with Gasteiger partial charge in [0, 0.05) is 37.5 Å². The molecule has 1 aromatic heterocycles. The molecule has 0 spiro atoms. The van der Waals surface area contributed by atoms with Crippen LogP contribution in [0.3, 0.4) is 0 Å². The van der Waals surface area contributed by atoms with Gasteiger partial charge in [-0.1, -0.05) is 6.07 Å². The molecule has 1 aromatic rings. The van der Waals surface area contributed by atoms with E-state index in [-0.39, 0.29) is 12.5 Å². The van der Waals surface area contributed by atoms with Gasteiger partial charge in [-0.25, -0.2) is 0 Å². The monoisotopic (exact) mass is 296 g/mol. The number of amides is 1. The molecular formula is C15H24N2O2S. The van der Waals surface area contributed by atoms with Gasteiger partial charge in [-0.15, -0.1) is 11.3 Å². The van der Waals surface area contributed by atoms with Crippen LogP contribution in [0, 0.1) is 0 Å². The lowest BCUT2D eigenvalue weighted by atomic mass is 10.2. The zero-order valence-corrected chi connectivity index (χ0v) is 12.8. The third-order valence-corrected chi connectivity index (χ3v) is 4.69. The summed E-state index contributed by atoms with van der Waals surface area (Å²) in [5, 5.41) is 11.1. The van der Waals surface area contributed by atoms with Crippen LogP contribution < -0.4 is 0 Å². The zero-order valence-electron chi connectivity index (χ0n) is 12.0. The van der Waals surface area contributed by atoms with E-state index in [2.05, 4.69) is 22.4 Å². The first-order chi connectivity index (χ1) is 9.79. The molecule has 1 saturated heterocycles. The van der Waals surface area contributed by atoms with Gasteiger partial charge >= 0.3 is 0 Å². The van der Waals surface area contributed by atoms with Gasteiger partial charge in [0.1, 0.15) is 0 Å². The highest BCUT2D eigenvalue weighted by Crippen LogP contribution is 2.13. The quantitative estimate of drug-likeness (QED) is 0.867. The second-order valence-corrected chi connectivity index (χ2v) is 6.26. The highest BCUT2D eigenvalue weighted by atomic mass is 32.1. The van der Waals surface area contributed by atoms with Crippen LogP contribution in [0.1, 0.15) is 24.1 Å². The Labute approximate surface area is 125 Å². The third-order valence-electron chi connectivity index (χ3n) is 3.75. The largest absolute Gasteiger partial charge is 0.395 e. The summed E-state index contributed by atoms with van der Waals surface area (Å²) in [5.74, 6) is 0.285. The van der Waals surface area contributed by atoms with Crippen molar-refractivity contribution in [1.82, 2.24) is 9.80 Å². The summed E-state index contributed by atoms with van der Waals surface area (Å²) in [7, 11) is 0. The van der Waals surface area contributed by atoms with Gasteiger partial charge in [0.15, 0.2) is 0 Å². The second kappa shape index (κ2) is 8.39. The molecule has 20 heavy (non-hydrogen) atoms. The van der Waals surface area contributed by atoms with Crippen LogP contribution in [0.2, 0.25) is 0 Å². The maximum absolute atomic E-state index is 12.2. The summed E-state index contributed by atoms with van der Waals surface area (Å²) < 4.78 is 0. The minimum atomic E-state index is 0.203. The lowest BCUT2D eigenvalue weighted by Gasteiger charge is -2.21. The van der Waals surface area contributed by atoms with Crippen molar-refractivity contribution in [3.8, 4) is 0 Å². The Morgan fingerprint density at radius 2 is 2.20 bits per heavy atom. The maximum Gasteiger partial charge on any atom is 0.222 e. The summed E-state index contributed by atoms with van der Waals surface area (Å²) in [6.45, 7) is 4.46. The molecule has 4 nitrogen and oxygen atoms in total. The molecule has 1 N–H and O–H groups in total. The van der Waals surface area contributed by atoms with Crippen molar-refractivity contribution in [3.63, 3.8) is 0 Å². The molecule has 112 valence electrons. The van der Waals surface area contributed by atoms with E-state index >= 15 is 0 Å². The summed E-state index contributed by atoms with van der Waals surface area (Å²) >= 11 is 1.76. The fourth-order valence-corrected chi connectivity index (χ4v) is 3.36. The van der Waals surface area contributed by atoms with E-state index in [0.29, 0.717) is 6.42 Å². The number of β-amino-alcohol motifs (C(OH)–C–C–N with tert-alkyl or cyclic N) is 1. The van der Waals surface area contributed by atoms with E-state index in [1.54, 1.807) is 11.3 Å². The Hall–Kier alpha value is -0.910. The van der Waals surface area contributed by atoms with Gasteiger partial charge in [0.05, 0.1) is 6.61 Å². The van der Waals surface area contributed by atoms with Crippen LogP contribution in [0.5, 0.6) is 0 Å². The smallest absolute Gasteiger partial charge is 0.222 e. The topological polar surface area (TPSA) is 43.8 Å². The molecule has 0 aromatic carbocycles. The van der Waals surface area contributed by atoms with E-state index in [0.717, 1.165) is 52.0 Å². The van der Waals surface area contributed by atoms with Gasteiger partial charge in [0.2, 0.25) is 5.91 Å². The van der Waals surface area contributed by atoms with Crippen molar-refractivity contribution in [3.05, 3.63) is 22.4 Å². The number of carbonyl (C=O) groups excluding carboxylic acids is 1. The normalized spacial score (nSPS) is 17.1. The fourth-order valence-electron chi connectivity index (χ4n) is 2.61. The predicted octanol–water partition coefficient (Wildman–Crippen LogP) is 1.60. The Bertz CT molecular complexity index is 395. The maximum atomic E-state index is 12.2. The lowest BCUT2D eigenvalue weighted by molar-refractivity contribution is -0.131. The standard InChI is InChI=1S/C15H24N2O2S/c18-12-11-16-7-3-8-17(10-9-16)15(19)6-1-4-14-5-2-13-20-14/h2,5,13,18H,1,3-4,6-12H2. The van der Waals surface area contributed by atoms with Crippen LogP contribution in [0.4, 0.5) is 0 Å². The molecule has 0 radical (unpaired) electrons. The van der Waals surface area contributed by atoms with Gasteiger partial charge in [-0.2, -0.15) is 0 Å². The van der Waals surface area contributed by atoms with Crippen LogP contribution in [0.15, 0.2) is 17.5 Å². The molecule has 1 aliphatic rings. The third kappa shape index (κ3) is 4.89. The van der Waals surface area contributed by atoms with Crippen molar-refractivity contribution < 1.29 is 9.90 Å². The summed E-state index contributed by atoms with van der Waals surface area (Å²) in [4.78, 5) is 17.8. The average molecular weight is 296 g/mol. The van der Waals surface area contributed by atoms with Crippen molar-refractivity contribution in [1.29, 1.82) is 0 Å². The molecule has 0 aliphatic carbocycles. The van der Waals surface area contributed by atoms with E-state index in [1.165, 1.54) is 4.88 Å². The molecular weight excluding hydrogens is 272 g/mol. The number of thiophene rings is 1. The van der Waals surface area contributed by atoms with Crippen molar-refractivity contribution in [2.45, 2.75) is 25.7 Å². The van der Waals surface area contributed by atoms with Crippen molar-refractivity contribution >= 4 is 17.2 Å². The number of aliphatic hydroxyl groups is 1.